The predicted molar refractivity (Wildman–Crippen MR) is 80.5 cm³/mol. The van der Waals surface area contributed by atoms with Crippen LogP contribution in [0.15, 0.2) is 33.3 Å². The van der Waals surface area contributed by atoms with Gasteiger partial charge >= 0.3 is 0 Å². The Morgan fingerprint density at radius 2 is 2.10 bits per heavy atom. The van der Waals surface area contributed by atoms with Gasteiger partial charge in [0.15, 0.2) is 5.82 Å². The van der Waals surface area contributed by atoms with Crippen molar-refractivity contribution in [2.45, 2.75) is 31.7 Å². The van der Waals surface area contributed by atoms with Crippen LogP contribution in [0.2, 0.25) is 0 Å². The lowest BCUT2D eigenvalue weighted by molar-refractivity contribution is 0.349. The van der Waals surface area contributed by atoms with Crippen molar-refractivity contribution in [1.29, 1.82) is 0 Å². The fourth-order valence-electron chi connectivity index (χ4n) is 2.42. The maximum Gasteiger partial charge on any atom is 0.228 e. The summed E-state index contributed by atoms with van der Waals surface area (Å²) in [6, 6.07) is 8.67. The monoisotopic (exact) mass is 335 g/mol. The van der Waals surface area contributed by atoms with Crippen LogP contribution in [0.3, 0.4) is 0 Å². The highest BCUT2D eigenvalue weighted by Crippen LogP contribution is 2.33. The molecule has 0 aliphatic heterocycles. The fraction of sp³-hybridized carbons (Fsp3) is 0.467. The molecule has 1 aromatic heterocycles. The minimum Gasteiger partial charge on any atom is -0.339 e. The molecule has 106 valence electrons. The van der Waals surface area contributed by atoms with Crippen LogP contribution in [0.25, 0.3) is 0 Å². The van der Waals surface area contributed by atoms with E-state index in [9.17, 15) is 0 Å². The summed E-state index contributed by atoms with van der Waals surface area (Å²) < 4.78 is 6.44. The van der Waals surface area contributed by atoms with Gasteiger partial charge in [0.25, 0.3) is 0 Å². The second-order valence-electron chi connectivity index (χ2n) is 5.34. The Hall–Kier alpha value is -1.20. The molecule has 1 N–H and O–H groups in total. The molecule has 4 nitrogen and oxygen atoms in total. The van der Waals surface area contributed by atoms with Crippen molar-refractivity contribution < 1.29 is 4.52 Å². The number of hydrogen-bond acceptors (Lipinski definition) is 4. The number of aromatic nitrogens is 2. The van der Waals surface area contributed by atoms with Crippen molar-refractivity contribution in [3.05, 3.63) is 46.0 Å². The Labute approximate surface area is 127 Å². The van der Waals surface area contributed by atoms with Gasteiger partial charge in [0, 0.05) is 23.4 Å². The first-order valence-corrected chi connectivity index (χ1v) is 7.77. The van der Waals surface area contributed by atoms with E-state index in [2.05, 4.69) is 43.5 Å². The van der Waals surface area contributed by atoms with Gasteiger partial charge in [-0.15, -0.1) is 0 Å². The molecular formula is C15H18BrN3O. The van der Waals surface area contributed by atoms with E-state index < -0.39 is 0 Å². The van der Waals surface area contributed by atoms with Gasteiger partial charge in [-0.25, -0.2) is 0 Å². The molecule has 1 aromatic carbocycles. The van der Waals surface area contributed by atoms with Crippen LogP contribution in [0.4, 0.5) is 0 Å². The summed E-state index contributed by atoms with van der Waals surface area (Å²) in [6.45, 7) is 0. The van der Waals surface area contributed by atoms with Gasteiger partial charge in [0.05, 0.1) is 0 Å². The molecular weight excluding hydrogens is 318 g/mol. The summed E-state index contributed by atoms with van der Waals surface area (Å²) in [7, 11) is 2.00. The molecule has 1 heterocycles. The topological polar surface area (TPSA) is 51.0 Å². The first kappa shape index (κ1) is 13.8. The zero-order valence-corrected chi connectivity index (χ0v) is 13.1. The van der Waals surface area contributed by atoms with E-state index in [0.717, 1.165) is 28.5 Å². The molecule has 1 aliphatic carbocycles. The highest BCUT2D eigenvalue weighted by Gasteiger charge is 2.31. The molecule has 0 amide bonds. The van der Waals surface area contributed by atoms with Crippen LogP contribution >= 0.6 is 15.9 Å². The molecule has 1 saturated carbocycles. The van der Waals surface area contributed by atoms with Crippen molar-refractivity contribution in [2.75, 3.05) is 7.05 Å². The first-order valence-electron chi connectivity index (χ1n) is 6.98. The smallest absolute Gasteiger partial charge is 0.228 e. The average molecular weight is 336 g/mol. The molecule has 5 heteroatoms. The summed E-state index contributed by atoms with van der Waals surface area (Å²) >= 11 is 3.43. The van der Waals surface area contributed by atoms with E-state index in [4.69, 9.17) is 4.52 Å². The number of likely N-dealkylation sites (N-methyl/N-ethyl adjacent to an activating group) is 1. The lowest BCUT2D eigenvalue weighted by Crippen LogP contribution is -2.29. The SMILES string of the molecule is CNC(Cc1nc(Cc2ccc(Br)cc2)no1)C1CC1. The largest absolute Gasteiger partial charge is 0.339 e. The zero-order chi connectivity index (χ0) is 13.9. The van der Waals surface area contributed by atoms with Crippen LogP contribution in [-0.4, -0.2) is 23.2 Å². The number of nitrogens with zero attached hydrogens (tertiary/aromatic N) is 2. The third kappa shape index (κ3) is 3.46. The van der Waals surface area contributed by atoms with E-state index in [-0.39, 0.29) is 0 Å². The summed E-state index contributed by atoms with van der Waals surface area (Å²) in [5.74, 6) is 2.28. The number of nitrogens with one attached hydrogen (secondary N) is 1. The van der Waals surface area contributed by atoms with Crippen molar-refractivity contribution in [3.63, 3.8) is 0 Å². The molecule has 0 spiro atoms. The highest BCUT2D eigenvalue weighted by atomic mass is 79.9. The van der Waals surface area contributed by atoms with Gasteiger partial charge in [-0.3, -0.25) is 0 Å². The molecule has 20 heavy (non-hydrogen) atoms. The third-order valence-corrected chi connectivity index (χ3v) is 4.27. The minimum absolute atomic E-state index is 0.469. The van der Waals surface area contributed by atoms with Gasteiger partial charge < -0.3 is 9.84 Å². The van der Waals surface area contributed by atoms with Crippen molar-refractivity contribution in [1.82, 2.24) is 15.5 Å². The predicted octanol–water partition coefficient (Wildman–Crippen LogP) is 2.96. The Morgan fingerprint density at radius 1 is 1.35 bits per heavy atom. The Kier molecular flexibility index (Phi) is 4.17. The van der Waals surface area contributed by atoms with Crippen LogP contribution in [0.5, 0.6) is 0 Å². The summed E-state index contributed by atoms with van der Waals surface area (Å²) in [4.78, 5) is 4.50. The fourth-order valence-corrected chi connectivity index (χ4v) is 2.69. The second-order valence-corrected chi connectivity index (χ2v) is 6.26. The minimum atomic E-state index is 0.469. The van der Waals surface area contributed by atoms with Crippen molar-refractivity contribution in [3.8, 4) is 0 Å². The van der Waals surface area contributed by atoms with E-state index in [1.54, 1.807) is 0 Å². The van der Waals surface area contributed by atoms with E-state index >= 15 is 0 Å². The van der Waals surface area contributed by atoms with Crippen molar-refractivity contribution >= 4 is 15.9 Å². The zero-order valence-electron chi connectivity index (χ0n) is 11.5. The molecule has 1 fully saturated rings. The molecule has 0 saturated heterocycles. The molecule has 1 aliphatic rings. The number of halogens is 1. The Morgan fingerprint density at radius 3 is 2.75 bits per heavy atom. The van der Waals surface area contributed by atoms with Crippen LogP contribution in [0, 0.1) is 5.92 Å². The number of benzene rings is 1. The maximum absolute atomic E-state index is 5.36. The maximum atomic E-state index is 5.36. The number of rotatable bonds is 6. The molecule has 1 atom stereocenters. The Balaban J connectivity index is 1.62. The quantitative estimate of drug-likeness (QED) is 0.881. The van der Waals surface area contributed by atoms with E-state index in [1.807, 2.05) is 19.2 Å². The molecule has 0 bridgehead atoms. The van der Waals surface area contributed by atoms with Gasteiger partial charge in [-0.2, -0.15) is 4.98 Å². The number of hydrogen-bond donors (Lipinski definition) is 1. The standard InChI is InChI=1S/C15H18BrN3O/c1-17-13(11-4-5-11)9-15-18-14(19-20-15)8-10-2-6-12(16)7-3-10/h2-3,6-7,11,13,17H,4-5,8-9H2,1H3. The summed E-state index contributed by atoms with van der Waals surface area (Å²) in [5, 5.41) is 7.42. The van der Waals surface area contributed by atoms with Gasteiger partial charge in [0.2, 0.25) is 5.89 Å². The highest BCUT2D eigenvalue weighted by molar-refractivity contribution is 9.10. The first-order chi connectivity index (χ1) is 9.74. The van der Waals surface area contributed by atoms with Crippen LogP contribution in [-0.2, 0) is 12.8 Å². The molecule has 3 rings (SSSR count). The van der Waals surface area contributed by atoms with Crippen LogP contribution < -0.4 is 5.32 Å². The third-order valence-electron chi connectivity index (χ3n) is 3.74. The molecule has 1 unspecified atom stereocenters. The summed E-state index contributed by atoms with van der Waals surface area (Å²) in [6.07, 6.45) is 4.16. The summed E-state index contributed by atoms with van der Waals surface area (Å²) in [5.41, 5.74) is 1.19. The molecule has 2 aromatic rings. The van der Waals surface area contributed by atoms with E-state index in [0.29, 0.717) is 12.5 Å². The Bertz CT molecular complexity index is 563. The van der Waals surface area contributed by atoms with Crippen LogP contribution in [0.1, 0.15) is 30.1 Å². The lowest BCUT2D eigenvalue weighted by atomic mass is 10.1. The molecule has 0 radical (unpaired) electrons. The average Bonchev–Trinajstić information content (AvgIpc) is 3.20. The van der Waals surface area contributed by atoms with E-state index in [1.165, 1.54) is 18.4 Å². The van der Waals surface area contributed by atoms with Gasteiger partial charge in [-0.05, 0) is 43.5 Å². The van der Waals surface area contributed by atoms with Gasteiger partial charge in [-0.1, -0.05) is 33.2 Å². The van der Waals surface area contributed by atoms with Crippen molar-refractivity contribution in [2.24, 2.45) is 5.92 Å². The lowest BCUT2D eigenvalue weighted by Gasteiger charge is -2.11. The second kappa shape index (κ2) is 6.06. The van der Waals surface area contributed by atoms with Gasteiger partial charge in [0.1, 0.15) is 0 Å². The normalized spacial score (nSPS) is 16.3.